The van der Waals surface area contributed by atoms with Gasteiger partial charge in [-0.05, 0) is 11.6 Å². The zero-order chi connectivity index (χ0) is 13.7. The second-order valence-corrected chi connectivity index (χ2v) is 4.33. The molecule has 2 heterocycles. The highest BCUT2D eigenvalue weighted by Gasteiger charge is 2.04. The van der Waals surface area contributed by atoms with Crippen molar-refractivity contribution < 1.29 is 0 Å². The lowest BCUT2D eigenvalue weighted by molar-refractivity contribution is 0.639. The van der Waals surface area contributed by atoms with Gasteiger partial charge < -0.3 is 11.1 Å². The number of aromatic nitrogens is 3. The van der Waals surface area contributed by atoms with E-state index in [0.29, 0.717) is 30.3 Å². The van der Waals surface area contributed by atoms with E-state index >= 15 is 0 Å². The van der Waals surface area contributed by atoms with E-state index in [1.165, 1.54) is 10.7 Å². The van der Waals surface area contributed by atoms with Crippen molar-refractivity contribution in [3.8, 4) is 0 Å². The molecule has 19 heavy (non-hydrogen) atoms. The second kappa shape index (κ2) is 6.31. The summed E-state index contributed by atoms with van der Waals surface area (Å²) in [5.41, 5.74) is 6.64. The number of pyridine rings is 1. The fraction of sp³-hybridized carbons (Fsp3) is 0.250. The SMILES string of the molecule is NCCNc1cnn(Cc2ccncc2Cl)c(=O)c1. The van der Waals surface area contributed by atoms with Crippen molar-refractivity contribution >= 4 is 17.3 Å². The van der Waals surface area contributed by atoms with Gasteiger partial charge >= 0.3 is 0 Å². The van der Waals surface area contributed by atoms with Gasteiger partial charge in [0.15, 0.2) is 0 Å². The summed E-state index contributed by atoms with van der Waals surface area (Å²) in [7, 11) is 0. The normalized spacial score (nSPS) is 10.4. The molecular formula is C12H14ClN5O. The molecule has 0 atom stereocenters. The molecule has 6 nitrogen and oxygen atoms in total. The van der Waals surface area contributed by atoms with Crippen molar-refractivity contribution in [1.82, 2.24) is 14.8 Å². The molecule has 2 rings (SSSR count). The molecule has 0 aromatic carbocycles. The third-order valence-corrected chi connectivity index (χ3v) is 2.86. The van der Waals surface area contributed by atoms with Gasteiger partial charge in [0, 0.05) is 31.5 Å². The van der Waals surface area contributed by atoms with E-state index in [2.05, 4.69) is 15.4 Å². The average Bonchev–Trinajstić information content (AvgIpc) is 2.41. The molecule has 7 heteroatoms. The second-order valence-electron chi connectivity index (χ2n) is 3.92. The number of halogens is 1. The van der Waals surface area contributed by atoms with Gasteiger partial charge in [0.05, 0.1) is 23.5 Å². The van der Waals surface area contributed by atoms with E-state index in [-0.39, 0.29) is 5.56 Å². The Balaban J connectivity index is 2.18. The van der Waals surface area contributed by atoms with Crippen molar-refractivity contribution in [2.75, 3.05) is 18.4 Å². The van der Waals surface area contributed by atoms with Crippen LogP contribution in [0.2, 0.25) is 5.02 Å². The molecular weight excluding hydrogens is 266 g/mol. The van der Waals surface area contributed by atoms with Crippen LogP contribution in [-0.4, -0.2) is 27.9 Å². The molecule has 2 aromatic heterocycles. The fourth-order valence-corrected chi connectivity index (χ4v) is 1.74. The number of nitrogens with zero attached hydrogens (tertiary/aromatic N) is 3. The van der Waals surface area contributed by atoms with E-state index in [0.717, 1.165) is 5.56 Å². The molecule has 0 saturated carbocycles. The van der Waals surface area contributed by atoms with E-state index in [1.807, 2.05) is 0 Å². The highest BCUT2D eigenvalue weighted by Crippen LogP contribution is 2.13. The van der Waals surface area contributed by atoms with Gasteiger partial charge in [0.2, 0.25) is 0 Å². The number of rotatable bonds is 5. The number of hydrogen-bond donors (Lipinski definition) is 2. The van der Waals surface area contributed by atoms with Gasteiger partial charge in [-0.2, -0.15) is 5.10 Å². The van der Waals surface area contributed by atoms with Crippen molar-refractivity contribution in [2.45, 2.75) is 6.54 Å². The summed E-state index contributed by atoms with van der Waals surface area (Å²) in [6, 6.07) is 3.24. The maximum absolute atomic E-state index is 11.9. The summed E-state index contributed by atoms with van der Waals surface area (Å²) in [6.07, 6.45) is 4.76. The first kappa shape index (κ1) is 13.5. The highest BCUT2D eigenvalue weighted by atomic mass is 35.5. The minimum Gasteiger partial charge on any atom is -0.382 e. The van der Waals surface area contributed by atoms with E-state index in [4.69, 9.17) is 17.3 Å². The minimum absolute atomic E-state index is 0.199. The Morgan fingerprint density at radius 2 is 2.26 bits per heavy atom. The zero-order valence-corrected chi connectivity index (χ0v) is 11.0. The maximum Gasteiger partial charge on any atom is 0.269 e. The van der Waals surface area contributed by atoms with Gasteiger partial charge in [-0.25, -0.2) is 4.68 Å². The molecule has 0 radical (unpaired) electrons. The zero-order valence-electron chi connectivity index (χ0n) is 10.2. The standard InChI is InChI=1S/C12H14ClN5O/c13-11-7-15-3-1-9(11)8-18-12(19)5-10(6-17-18)16-4-2-14/h1,3,5-7,16H,2,4,8,14H2. The number of nitrogens with two attached hydrogens (primary N) is 1. The Labute approximate surface area is 115 Å². The predicted octanol–water partition coefficient (Wildman–Crippen LogP) is 0.711. The smallest absolute Gasteiger partial charge is 0.269 e. The third kappa shape index (κ3) is 3.52. The molecule has 0 amide bonds. The molecule has 0 fully saturated rings. The molecule has 0 spiro atoms. The van der Waals surface area contributed by atoms with Crippen molar-refractivity contribution in [3.63, 3.8) is 0 Å². The predicted molar refractivity (Wildman–Crippen MR) is 74.4 cm³/mol. The molecule has 100 valence electrons. The van der Waals surface area contributed by atoms with Crippen LogP contribution in [-0.2, 0) is 6.54 Å². The van der Waals surface area contributed by atoms with Crippen LogP contribution in [0.3, 0.4) is 0 Å². The van der Waals surface area contributed by atoms with Gasteiger partial charge in [0.25, 0.3) is 5.56 Å². The summed E-state index contributed by atoms with van der Waals surface area (Å²) >= 11 is 5.99. The molecule has 0 aliphatic rings. The molecule has 3 N–H and O–H groups in total. The Morgan fingerprint density at radius 3 is 2.95 bits per heavy atom. The maximum atomic E-state index is 11.9. The van der Waals surface area contributed by atoms with Crippen LogP contribution in [0.4, 0.5) is 5.69 Å². The van der Waals surface area contributed by atoms with Gasteiger partial charge in [-0.1, -0.05) is 11.6 Å². The van der Waals surface area contributed by atoms with E-state index in [1.54, 1.807) is 24.7 Å². The van der Waals surface area contributed by atoms with E-state index in [9.17, 15) is 4.79 Å². The quantitative estimate of drug-likeness (QED) is 0.842. The summed E-state index contributed by atoms with van der Waals surface area (Å²) < 4.78 is 1.34. The monoisotopic (exact) mass is 279 g/mol. The van der Waals surface area contributed by atoms with Crippen LogP contribution >= 0.6 is 11.6 Å². The lowest BCUT2D eigenvalue weighted by Crippen LogP contribution is -2.24. The summed E-state index contributed by atoms with van der Waals surface area (Å²) in [4.78, 5) is 15.8. The van der Waals surface area contributed by atoms with Crippen LogP contribution in [0.25, 0.3) is 0 Å². The van der Waals surface area contributed by atoms with Crippen molar-refractivity contribution in [1.29, 1.82) is 0 Å². The van der Waals surface area contributed by atoms with Crippen LogP contribution in [0.15, 0.2) is 35.5 Å². The Morgan fingerprint density at radius 1 is 1.42 bits per heavy atom. The van der Waals surface area contributed by atoms with Crippen molar-refractivity contribution in [3.05, 3.63) is 51.7 Å². The van der Waals surface area contributed by atoms with Crippen LogP contribution in [0.1, 0.15) is 5.56 Å². The number of nitrogens with one attached hydrogen (secondary N) is 1. The van der Waals surface area contributed by atoms with Gasteiger partial charge in [0.1, 0.15) is 0 Å². The van der Waals surface area contributed by atoms with Crippen LogP contribution in [0.5, 0.6) is 0 Å². The molecule has 0 unspecified atom stereocenters. The Bertz CT molecular complexity index is 613. The largest absolute Gasteiger partial charge is 0.382 e. The average molecular weight is 280 g/mol. The first-order valence-corrected chi connectivity index (χ1v) is 6.18. The van der Waals surface area contributed by atoms with Crippen molar-refractivity contribution in [2.24, 2.45) is 5.73 Å². The summed E-state index contributed by atoms with van der Waals surface area (Å²) in [6.45, 7) is 1.41. The van der Waals surface area contributed by atoms with Gasteiger partial charge in [-0.15, -0.1) is 0 Å². The Kier molecular flexibility index (Phi) is 4.48. The van der Waals surface area contributed by atoms with Crippen LogP contribution < -0.4 is 16.6 Å². The highest BCUT2D eigenvalue weighted by molar-refractivity contribution is 6.31. The topological polar surface area (TPSA) is 85.8 Å². The van der Waals surface area contributed by atoms with Gasteiger partial charge in [-0.3, -0.25) is 9.78 Å². The lowest BCUT2D eigenvalue weighted by atomic mass is 10.3. The minimum atomic E-state index is -0.199. The van der Waals surface area contributed by atoms with Crippen LogP contribution in [0, 0.1) is 0 Å². The number of hydrogen-bond acceptors (Lipinski definition) is 5. The lowest BCUT2D eigenvalue weighted by Gasteiger charge is -2.08. The summed E-state index contributed by atoms with van der Waals surface area (Å²) in [5, 5.41) is 7.61. The summed E-state index contributed by atoms with van der Waals surface area (Å²) in [5.74, 6) is 0. The number of anilines is 1. The first-order chi connectivity index (χ1) is 9.20. The first-order valence-electron chi connectivity index (χ1n) is 5.80. The molecule has 0 aliphatic heterocycles. The van der Waals surface area contributed by atoms with E-state index < -0.39 is 0 Å². The Hall–Kier alpha value is -1.92. The molecule has 2 aromatic rings. The fourth-order valence-electron chi connectivity index (χ4n) is 1.56. The molecule has 0 bridgehead atoms. The molecule has 0 aliphatic carbocycles. The molecule has 0 saturated heterocycles. The third-order valence-electron chi connectivity index (χ3n) is 2.52.